The van der Waals surface area contributed by atoms with Crippen molar-refractivity contribution in [3.05, 3.63) is 22.6 Å². The van der Waals surface area contributed by atoms with Gasteiger partial charge in [0.2, 0.25) is 0 Å². The minimum absolute atomic E-state index is 0.134. The molecule has 1 rings (SSSR count). The second-order valence-corrected chi connectivity index (χ2v) is 4.27. The number of carbonyl (C=O) groups excluding carboxylic acids is 2. The number of rotatable bonds is 4. The van der Waals surface area contributed by atoms with Crippen LogP contribution in [-0.2, 0) is 9.53 Å². The molecule has 0 saturated heterocycles. The monoisotopic (exact) mass is 253 g/mol. The summed E-state index contributed by atoms with van der Waals surface area (Å²) in [6.45, 7) is 5.77. The molecule has 100 valence electrons. The number of hydrogen-bond acceptors (Lipinski definition) is 4. The second-order valence-electron chi connectivity index (χ2n) is 4.27. The van der Waals surface area contributed by atoms with E-state index in [0.29, 0.717) is 17.9 Å². The van der Waals surface area contributed by atoms with Crippen molar-refractivity contribution in [1.82, 2.24) is 4.90 Å². The Kier molecular flexibility index (Phi) is 4.53. The van der Waals surface area contributed by atoms with E-state index in [1.54, 1.807) is 14.0 Å². The third-order valence-corrected chi connectivity index (χ3v) is 3.00. The summed E-state index contributed by atoms with van der Waals surface area (Å²) in [5.41, 5.74) is 1.43. The van der Waals surface area contributed by atoms with Gasteiger partial charge in [0.1, 0.15) is 11.5 Å². The van der Waals surface area contributed by atoms with Crippen molar-refractivity contribution >= 4 is 11.9 Å². The first-order valence-corrected chi connectivity index (χ1v) is 5.77. The van der Waals surface area contributed by atoms with E-state index in [0.717, 1.165) is 11.3 Å². The number of methoxy groups -OCH3 is 1. The fourth-order valence-corrected chi connectivity index (χ4v) is 1.76. The highest BCUT2D eigenvalue weighted by Crippen LogP contribution is 2.21. The van der Waals surface area contributed by atoms with E-state index >= 15 is 0 Å². The molecule has 1 aromatic rings. The Bertz CT molecular complexity index is 462. The number of aryl methyl sites for hydroxylation is 2. The highest BCUT2D eigenvalue weighted by atomic mass is 16.5. The van der Waals surface area contributed by atoms with Gasteiger partial charge in [0.15, 0.2) is 0 Å². The number of carbonyl (C=O) groups is 2. The van der Waals surface area contributed by atoms with Crippen molar-refractivity contribution in [2.45, 2.75) is 27.2 Å². The van der Waals surface area contributed by atoms with Crippen molar-refractivity contribution in [3.63, 3.8) is 0 Å². The first kappa shape index (κ1) is 14.3. The van der Waals surface area contributed by atoms with Gasteiger partial charge in [-0.05, 0) is 20.8 Å². The average molecular weight is 253 g/mol. The molecule has 1 aromatic heterocycles. The van der Waals surface area contributed by atoms with Crippen molar-refractivity contribution in [2.24, 2.45) is 0 Å². The number of esters is 1. The molecule has 5 heteroatoms. The van der Waals surface area contributed by atoms with Gasteiger partial charge in [0, 0.05) is 19.2 Å². The minimum Gasteiger partial charge on any atom is -0.469 e. The molecule has 0 aliphatic rings. The first-order chi connectivity index (χ1) is 8.38. The second kappa shape index (κ2) is 5.71. The lowest BCUT2D eigenvalue weighted by Crippen LogP contribution is -2.30. The molecule has 0 saturated carbocycles. The van der Waals surface area contributed by atoms with E-state index in [4.69, 9.17) is 4.42 Å². The summed E-state index contributed by atoms with van der Waals surface area (Å²) in [7, 11) is 2.99. The molecule has 1 heterocycles. The van der Waals surface area contributed by atoms with Crippen LogP contribution in [0.2, 0.25) is 0 Å². The van der Waals surface area contributed by atoms with Gasteiger partial charge < -0.3 is 14.1 Å². The van der Waals surface area contributed by atoms with Crippen molar-refractivity contribution in [2.75, 3.05) is 20.7 Å². The number of furan rings is 1. The predicted octanol–water partition coefficient (Wildman–Crippen LogP) is 1.84. The first-order valence-electron chi connectivity index (χ1n) is 5.77. The highest BCUT2D eigenvalue weighted by molar-refractivity contribution is 5.96. The van der Waals surface area contributed by atoms with Gasteiger partial charge in [0.25, 0.3) is 5.91 Å². The van der Waals surface area contributed by atoms with E-state index in [1.807, 2.05) is 13.8 Å². The molecule has 5 nitrogen and oxygen atoms in total. The smallest absolute Gasteiger partial charge is 0.307 e. The van der Waals surface area contributed by atoms with Gasteiger partial charge in [-0.15, -0.1) is 0 Å². The van der Waals surface area contributed by atoms with Crippen LogP contribution in [0.25, 0.3) is 0 Å². The molecule has 0 aliphatic carbocycles. The van der Waals surface area contributed by atoms with Gasteiger partial charge in [-0.25, -0.2) is 0 Å². The molecular weight excluding hydrogens is 234 g/mol. The van der Waals surface area contributed by atoms with Gasteiger partial charge >= 0.3 is 5.97 Å². The lowest BCUT2D eigenvalue weighted by Gasteiger charge is -2.16. The third kappa shape index (κ3) is 2.91. The fourth-order valence-electron chi connectivity index (χ4n) is 1.76. The fraction of sp³-hybridized carbons (Fsp3) is 0.538. The maximum absolute atomic E-state index is 12.2. The zero-order valence-electron chi connectivity index (χ0n) is 11.5. The van der Waals surface area contributed by atoms with E-state index in [1.165, 1.54) is 12.0 Å². The van der Waals surface area contributed by atoms with Crippen molar-refractivity contribution in [1.29, 1.82) is 0 Å². The van der Waals surface area contributed by atoms with Gasteiger partial charge in [-0.3, -0.25) is 9.59 Å². The summed E-state index contributed by atoms with van der Waals surface area (Å²) in [6, 6.07) is 0. The summed E-state index contributed by atoms with van der Waals surface area (Å²) < 4.78 is 9.97. The standard InChI is InChI=1S/C13H19NO4/c1-8-9(2)18-10(3)12(8)13(16)14(4)7-6-11(15)17-5/h6-7H2,1-5H3. The Morgan fingerprint density at radius 1 is 1.22 bits per heavy atom. The van der Waals surface area contributed by atoms with E-state index in [-0.39, 0.29) is 18.3 Å². The number of ether oxygens (including phenoxy) is 1. The zero-order chi connectivity index (χ0) is 13.9. The van der Waals surface area contributed by atoms with E-state index in [9.17, 15) is 9.59 Å². The lowest BCUT2D eigenvalue weighted by atomic mass is 10.1. The summed E-state index contributed by atoms with van der Waals surface area (Å²) in [5, 5.41) is 0. The lowest BCUT2D eigenvalue weighted by molar-refractivity contribution is -0.140. The summed E-state index contributed by atoms with van der Waals surface area (Å²) in [6.07, 6.45) is 0.188. The molecule has 0 N–H and O–H groups in total. The summed E-state index contributed by atoms with van der Waals surface area (Å²) in [5.74, 6) is 0.898. The molecular formula is C13H19NO4. The number of hydrogen-bond donors (Lipinski definition) is 0. The van der Waals surface area contributed by atoms with Gasteiger partial charge in [-0.2, -0.15) is 0 Å². The average Bonchev–Trinajstić information content (AvgIpc) is 2.59. The van der Waals surface area contributed by atoms with Crippen LogP contribution in [0.3, 0.4) is 0 Å². The van der Waals surface area contributed by atoms with Crippen LogP contribution in [0.5, 0.6) is 0 Å². The van der Waals surface area contributed by atoms with Crippen LogP contribution in [0, 0.1) is 20.8 Å². The Morgan fingerprint density at radius 3 is 2.28 bits per heavy atom. The molecule has 0 radical (unpaired) electrons. The molecule has 0 fully saturated rings. The Hall–Kier alpha value is -1.78. The maximum atomic E-state index is 12.2. The van der Waals surface area contributed by atoms with Crippen LogP contribution in [0.15, 0.2) is 4.42 Å². The Morgan fingerprint density at radius 2 is 1.83 bits per heavy atom. The summed E-state index contributed by atoms with van der Waals surface area (Å²) >= 11 is 0. The molecule has 0 bridgehead atoms. The number of nitrogens with zero attached hydrogens (tertiary/aromatic N) is 1. The van der Waals surface area contributed by atoms with E-state index in [2.05, 4.69) is 4.74 Å². The largest absolute Gasteiger partial charge is 0.469 e. The molecule has 1 amide bonds. The van der Waals surface area contributed by atoms with Gasteiger partial charge in [-0.1, -0.05) is 0 Å². The SMILES string of the molecule is COC(=O)CCN(C)C(=O)c1c(C)oc(C)c1C. The quantitative estimate of drug-likeness (QED) is 0.768. The molecule has 18 heavy (non-hydrogen) atoms. The maximum Gasteiger partial charge on any atom is 0.307 e. The number of amides is 1. The van der Waals surface area contributed by atoms with Crippen LogP contribution in [0.4, 0.5) is 0 Å². The van der Waals surface area contributed by atoms with Crippen LogP contribution < -0.4 is 0 Å². The van der Waals surface area contributed by atoms with Crippen LogP contribution in [-0.4, -0.2) is 37.5 Å². The minimum atomic E-state index is -0.327. The molecule has 0 unspecified atom stereocenters. The normalized spacial score (nSPS) is 10.3. The Labute approximate surface area is 107 Å². The van der Waals surface area contributed by atoms with Crippen molar-refractivity contribution in [3.8, 4) is 0 Å². The van der Waals surface area contributed by atoms with Gasteiger partial charge in [0.05, 0.1) is 19.1 Å². The predicted molar refractivity (Wildman–Crippen MR) is 66.5 cm³/mol. The molecule has 0 atom stereocenters. The highest BCUT2D eigenvalue weighted by Gasteiger charge is 2.21. The van der Waals surface area contributed by atoms with Crippen LogP contribution in [0.1, 0.15) is 33.9 Å². The van der Waals surface area contributed by atoms with Crippen LogP contribution >= 0.6 is 0 Å². The summed E-state index contributed by atoms with van der Waals surface area (Å²) in [4.78, 5) is 24.8. The molecule has 0 aromatic carbocycles. The topological polar surface area (TPSA) is 59.8 Å². The third-order valence-electron chi connectivity index (χ3n) is 3.00. The Balaban J connectivity index is 2.77. The van der Waals surface area contributed by atoms with Crippen molar-refractivity contribution < 1.29 is 18.7 Å². The molecule has 0 spiro atoms. The molecule has 0 aliphatic heterocycles. The zero-order valence-corrected chi connectivity index (χ0v) is 11.5. The van der Waals surface area contributed by atoms with E-state index < -0.39 is 0 Å².